The maximum atomic E-state index is 13.4. The summed E-state index contributed by atoms with van der Waals surface area (Å²) in [4.78, 5) is 18.8. The van der Waals surface area contributed by atoms with Crippen LogP contribution in [0.2, 0.25) is 5.02 Å². The molecule has 2 heterocycles. The first-order valence-corrected chi connectivity index (χ1v) is 12.8. The fourth-order valence-electron chi connectivity index (χ4n) is 5.23. The number of hydrogen-bond donors (Lipinski definition) is 2. The van der Waals surface area contributed by atoms with Gasteiger partial charge in [-0.25, -0.2) is 8.78 Å². The van der Waals surface area contributed by atoms with Crippen LogP contribution in [0, 0.1) is 17.0 Å². The topological polar surface area (TPSA) is 82.9 Å². The van der Waals surface area contributed by atoms with Crippen LogP contribution < -0.4 is 4.74 Å². The van der Waals surface area contributed by atoms with Gasteiger partial charge in [0.25, 0.3) is 0 Å². The van der Waals surface area contributed by atoms with E-state index >= 15 is 0 Å². The number of pyridine rings is 1. The Kier molecular flexibility index (Phi) is 8.62. The molecule has 1 saturated heterocycles. The lowest BCUT2D eigenvalue weighted by Gasteiger charge is -2.39. The first-order valence-electron chi connectivity index (χ1n) is 12.4. The van der Waals surface area contributed by atoms with E-state index in [0.29, 0.717) is 71.6 Å². The first kappa shape index (κ1) is 27.2. The molecular formula is C28H31ClF2N2O4. The summed E-state index contributed by atoms with van der Waals surface area (Å²) >= 11 is 6.41. The second-order valence-corrected chi connectivity index (χ2v) is 10.2. The van der Waals surface area contributed by atoms with Gasteiger partial charge in [-0.2, -0.15) is 0 Å². The van der Waals surface area contributed by atoms with Crippen LogP contribution in [0.3, 0.4) is 0 Å². The van der Waals surface area contributed by atoms with Crippen LogP contribution in [0.4, 0.5) is 8.78 Å². The number of likely N-dealkylation sites (tertiary alicyclic amines) is 1. The average molecular weight is 533 g/mol. The lowest BCUT2D eigenvalue weighted by molar-refractivity contribution is -0.153. The second kappa shape index (κ2) is 11.7. The summed E-state index contributed by atoms with van der Waals surface area (Å²) in [5, 5.41) is 22.2. The number of piperidine rings is 1. The quantitative estimate of drug-likeness (QED) is 0.344. The number of aliphatic hydroxyl groups is 1. The Morgan fingerprint density at radius 1 is 1.19 bits per heavy atom. The molecule has 1 aliphatic rings. The van der Waals surface area contributed by atoms with Gasteiger partial charge in [0, 0.05) is 23.2 Å². The highest BCUT2D eigenvalue weighted by Crippen LogP contribution is 2.41. The number of halogens is 3. The number of nitrogens with zero attached hydrogens (tertiary/aromatic N) is 2. The Bertz CT molecular complexity index is 1240. The molecule has 2 N–H and O–H groups in total. The average Bonchev–Trinajstić information content (AvgIpc) is 2.87. The van der Waals surface area contributed by atoms with Crippen molar-refractivity contribution in [3.8, 4) is 5.75 Å². The maximum absolute atomic E-state index is 13.4. The molecule has 0 saturated carbocycles. The summed E-state index contributed by atoms with van der Waals surface area (Å²) in [6, 6.07) is 8.89. The minimum Gasteiger partial charge on any atom is -0.497 e. The van der Waals surface area contributed by atoms with Gasteiger partial charge in [0.05, 0.1) is 29.2 Å². The molecule has 2 aromatic carbocycles. The SMILES string of the molecule is COc1ccc2ncc(Cl)c([C@H](O)CCC3(C(=O)O)CCN(CCCc4cc(F)cc(F)c4)CC3)c2c1. The van der Waals surface area contributed by atoms with Crippen LogP contribution in [-0.2, 0) is 11.2 Å². The van der Waals surface area contributed by atoms with Crippen molar-refractivity contribution < 1.29 is 28.5 Å². The zero-order valence-corrected chi connectivity index (χ0v) is 21.5. The fourth-order valence-corrected chi connectivity index (χ4v) is 5.50. The minimum absolute atomic E-state index is 0.244. The van der Waals surface area contributed by atoms with Gasteiger partial charge >= 0.3 is 5.97 Å². The summed E-state index contributed by atoms with van der Waals surface area (Å²) in [5.41, 5.74) is 0.873. The van der Waals surface area contributed by atoms with E-state index < -0.39 is 29.1 Å². The lowest BCUT2D eigenvalue weighted by atomic mass is 9.74. The molecular weight excluding hydrogens is 502 g/mol. The van der Waals surface area contributed by atoms with Crippen LogP contribution in [0.1, 0.15) is 49.3 Å². The van der Waals surface area contributed by atoms with Gasteiger partial charge < -0.3 is 19.8 Å². The van der Waals surface area contributed by atoms with E-state index in [1.54, 1.807) is 25.3 Å². The summed E-state index contributed by atoms with van der Waals surface area (Å²) in [5.74, 6) is -1.41. The van der Waals surface area contributed by atoms with Crippen molar-refractivity contribution in [3.05, 3.63) is 70.4 Å². The molecule has 9 heteroatoms. The van der Waals surface area contributed by atoms with Crippen LogP contribution in [0.5, 0.6) is 5.75 Å². The summed E-state index contributed by atoms with van der Waals surface area (Å²) < 4.78 is 32.1. The summed E-state index contributed by atoms with van der Waals surface area (Å²) in [6.45, 7) is 1.93. The highest BCUT2D eigenvalue weighted by Gasteiger charge is 2.41. The highest BCUT2D eigenvalue weighted by molar-refractivity contribution is 6.32. The number of carboxylic acids is 1. The Morgan fingerprint density at radius 2 is 1.89 bits per heavy atom. The summed E-state index contributed by atoms with van der Waals surface area (Å²) in [6.07, 6.45) is 3.29. The van der Waals surface area contributed by atoms with Crippen LogP contribution >= 0.6 is 11.6 Å². The third kappa shape index (κ3) is 6.37. The van der Waals surface area contributed by atoms with Crippen LogP contribution in [0.25, 0.3) is 10.9 Å². The number of carbonyl (C=O) groups is 1. The minimum atomic E-state index is -0.953. The normalized spacial score (nSPS) is 16.6. The number of benzene rings is 2. The van der Waals surface area contributed by atoms with E-state index in [-0.39, 0.29) is 6.42 Å². The van der Waals surface area contributed by atoms with Crippen LogP contribution in [-0.4, -0.2) is 52.8 Å². The van der Waals surface area contributed by atoms with Crippen molar-refractivity contribution in [3.63, 3.8) is 0 Å². The zero-order valence-electron chi connectivity index (χ0n) is 20.7. The largest absolute Gasteiger partial charge is 0.497 e. The maximum Gasteiger partial charge on any atom is 0.309 e. The number of aryl methyl sites for hydroxylation is 1. The molecule has 0 aliphatic carbocycles. The van der Waals surface area contributed by atoms with E-state index in [9.17, 15) is 23.8 Å². The van der Waals surface area contributed by atoms with Gasteiger partial charge in [0.15, 0.2) is 0 Å². The Morgan fingerprint density at radius 3 is 2.54 bits per heavy atom. The van der Waals surface area contributed by atoms with Gasteiger partial charge in [0.1, 0.15) is 17.4 Å². The Labute approximate surface area is 219 Å². The molecule has 0 amide bonds. The van der Waals surface area contributed by atoms with E-state index in [0.717, 1.165) is 19.0 Å². The molecule has 0 unspecified atom stereocenters. The van der Waals surface area contributed by atoms with Crippen molar-refractivity contribution in [2.24, 2.45) is 5.41 Å². The second-order valence-electron chi connectivity index (χ2n) is 9.77. The van der Waals surface area contributed by atoms with Crippen molar-refractivity contribution in [1.29, 1.82) is 0 Å². The number of aromatic nitrogens is 1. The monoisotopic (exact) mass is 532 g/mol. The number of carboxylic acid groups (broad SMARTS) is 1. The van der Waals surface area contributed by atoms with Crippen molar-refractivity contribution >= 4 is 28.5 Å². The number of ether oxygens (including phenoxy) is 1. The van der Waals surface area contributed by atoms with Gasteiger partial charge in [0.2, 0.25) is 0 Å². The molecule has 3 aromatic rings. The van der Waals surface area contributed by atoms with Gasteiger partial charge in [-0.15, -0.1) is 0 Å². The van der Waals surface area contributed by atoms with E-state index in [1.807, 2.05) is 0 Å². The first-order chi connectivity index (χ1) is 17.7. The number of hydrogen-bond acceptors (Lipinski definition) is 5. The predicted octanol–water partition coefficient (Wildman–Crippen LogP) is 5.79. The third-order valence-corrected chi connectivity index (χ3v) is 7.73. The molecule has 0 radical (unpaired) electrons. The molecule has 0 bridgehead atoms. The van der Waals surface area contributed by atoms with Crippen molar-refractivity contribution in [2.45, 2.75) is 44.6 Å². The van der Waals surface area contributed by atoms with Crippen LogP contribution in [0.15, 0.2) is 42.6 Å². The zero-order chi connectivity index (χ0) is 26.6. The van der Waals surface area contributed by atoms with Crippen molar-refractivity contribution in [1.82, 2.24) is 9.88 Å². The lowest BCUT2D eigenvalue weighted by Crippen LogP contribution is -2.44. The third-order valence-electron chi connectivity index (χ3n) is 7.43. The molecule has 1 aromatic heterocycles. The Hall–Kier alpha value is -2.81. The molecule has 37 heavy (non-hydrogen) atoms. The number of rotatable bonds is 10. The molecule has 1 aliphatic heterocycles. The summed E-state index contributed by atoms with van der Waals surface area (Å²) in [7, 11) is 1.56. The van der Waals surface area contributed by atoms with Gasteiger partial charge in [-0.05, 0) is 94.1 Å². The Balaban J connectivity index is 1.37. The highest BCUT2D eigenvalue weighted by atomic mass is 35.5. The molecule has 0 spiro atoms. The number of aliphatic hydroxyl groups excluding tert-OH is 1. The smallest absolute Gasteiger partial charge is 0.309 e. The predicted molar refractivity (Wildman–Crippen MR) is 138 cm³/mol. The number of fused-ring (bicyclic) bond motifs is 1. The molecule has 198 valence electrons. The molecule has 1 fully saturated rings. The van der Waals surface area contributed by atoms with E-state index in [1.165, 1.54) is 18.3 Å². The van der Waals surface area contributed by atoms with E-state index in [2.05, 4.69) is 9.88 Å². The van der Waals surface area contributed by atoms with Crippen molar-refractivity contribution in [2.75, 3.05) is 26.7 Å². The molecule has 6 nitrogen and oxygen atoms in total. The number of methoxy groups -OCH3 is 1. The molecule has 4 rings (SSSR count). The number of aliphatic carboxylic acids is 1. The fraction of sp³-hybridized carbons (Fsp3) is 0.429. The van der Waals surface area contributed by atoms with Gasteiger partial charge in [-0.1, -0.05) is 11.6 Å². The molecule has 1 atom stereocenters. The van der Waals surface area contributed by atoms with Gasteiger partial charge in [-0.3, -0.25) is 9.78 Å². The standard InChI is InChI=1S/C28H31ClF2N2O4/c1-37-21-4-5-24-22(16-21)26(23(29)17-32-24)25(34)6-7-28(27(35)36)8-11-33(12-9-28)10-2-3-18-13-19(30)15-20(31)14-18/h4-5,13-17,25,34H,2-3,6-12H2,1H3,(H,35,36)/t25-/m1/s1. The van der Waals surface area contributed by atoms with E-state index in [4.69, 9.17) is 16.3 Å².